The van der Waals surface area contributed by atoms with Gasteiger partial charge in [0.15, 0.2) is 0 Å². The zero-order valence-corrected chi connectivity index (χ0v) is 28.1. The number of benzene rings is 6. The predicted octanol–water partition coefficient (Wildman–Crippen LogP) is 11.9. The Kier molecular flexibility index (Phi) is 6.93. The molecule has 41 heavy (non-hydrogen) atoms. The van der Waals surface area contributed by atoms with Crippen molar-refractivity contribution in [2.75, 3.05) is 0 Å². The average Bonchev–Trinajstić information content (AvgIpc) is 3.04. The van der Waals surface area contributed by atoms with Gasteiger partial charge in [-0.2, -0.15) is 0 Å². The maximum absolute atomic E-state index is 13.8. The van der Waals surface area contributed by atoms with Crippen LogP contribution in [-0.2, 0) is 4.57 Å². The maximum atomic E-state index is 13.8. The minimum Gasteiger partial charge on any atom is -0.394 e. The third-order valence-electron chi connectivity index (χ3n) is 7.01. The van der Waals surface area contributed by atoms with Crippen molar-refractivity contribution in [3.63, 3.8) is 0 Å². The molecule has 1 N–H and O–H groups in total. The minimum absolute atomic E-state index is 0.288. The lowest BCUT2D eigenvalue weighted by atomic mass is 9.86. The van der Waals surface area contributed by atoms with E-state index in [0.29, 0.717) is 22.3 Å². The van der Waals surface area contributed by atoms with Gasteiger partial charge in [0.25, 0.3) is 0 Å². The van der Waals surface area contributed by atoms with E-state index in [1.54, 1.807) is 0 Å². The van der Waals surface area contributed by atoms with E-state index in [-0.39, 0.29) is 11.5 Å². The van der Waals surface area contributed by atoms with Crippen molar-refractivity contribution in [1.82, 2.24) is 0 Å². The molecule has 0 unspecified atom stereocenters. The zero-order chi connectivity index (χ0) is 28.5. The van der Waals surface area contributed by atoms with Gasteiger partial charge in [0.2, 0.25) is 0 Å². The third-order valence-corrected chi connectivity index (χ3v) is 9.67. The highest BCUT2D eigenvalue weighted by molar-refractivity contribution is 9.11. The molecular formula is C32H17Br4O4P. The van der Waals surface area contributed by atoms with E-state index in [1.807, 2.05) is 97.1 Å². The molecule has 0 saturated heterocycles. The molecule has 0 atom stereocenters. The second-order valence-corrected chi connectivity index (χ2v) is 14.6. The number of fused-ring (bicyclic) bond motifs is 7. The van der Waals surface area contributed by atoms with Crippen molar-refractivity contribution in [3.8, 4) is 44.9 Å². The molecule has 0 saturated carbocycles. The predicted molar refractivity (Wildman–Crippen MR) is 180 cm³/mol. The molecule has 0 fully saturated rings. The van der Waals surface area contributed by atoms with Gasteiger partial charge in [0, 0.05) is 40.1 Å². The van der Waals surface area contributed by atoms with E-state index in [9.17, 15) is 9.46 Å². The normalized spacial score (nSPS) is 13.7. The van der Waals surface area contributed by atoms with Crippen molar-refractivity contribution in [1.29, 1.82) is 0 Å². The van der Waals surface area contributed by atoms with Crippen LogP contribution in [0.25, 0.3) is 54.9 Å². The molecule has 1 aliphatic heterocycles. The number of halogens is 4. The summed E-state index contributed by atoms with van der Waals surface area (Å²) in [5.41, 5.74) is 4.37. The largest absolute Gasteiger partial charge is 0.584 e. The average molecular weight is 816 g/mol. The summed E-state index contributed by atoms with van der Waals surface area (Å²) in [6.45, 7) is 0. The van der Waals surface area contributed by atoms with Crippen molar-refractivity contribution >= 4 is 93.1 Å². The van der Waals surface area contributed by atoms with Crippen molar-refractivity contribution in [2.24, 2.45) is 0 Å². The van der Waals surface area contributed by atoms with Gasteiger partial charge >= 0.3 is 7.82 Å². The fraction of sp³-hybridized carbons (Fsp3) is 0. The van der Waals surface area contributed by atoms with Gasteiger partial charge in [0.05, 0.1) is 0 Å². The highest BCUT2D eigenvalue weighted by Crippen LogP contribution is 2.61. The Morgan fingerprint density at radius 2 is 0.902 bits per heavy atom. The number of hydrogen-bond acceptors (Lipinski definition) is 3. The van der Waals surface area contributed by atoms with Crippen molar-refractivity contribution in [3.05, 3.63) is 115 Å². The van der Waals surface area contributed by atoms with Crippen LogP contribution in [0.15, 0.2) is 115 Å². The summed E-state index contributed by atoms with van der Waals surface area (Å²) < 4.78 is 29.2. The Labute approximate surface area is 269 Å². The third kappa shape index (κ3) is 4.99. The van der Waals surface area contributed by atoms with Crippen LogP contribution in [-0.4, -0.2) is 4.89 Å². The molecule has 202 valence electrons. The molecule has 0 amide bonds. The molecule has 0 aromatic heterocycles. The molecule has 0 radical (unpaired) electrons. The number of hydrogen-bond donors (Lipinski definition) is 1. The lowest BCUT2D eigenvalue weighted by Crippen LogP contribution is -2.00. The highest BCUT2D eigenvalue weighted by atomic mass is 79.9. The summed E-state index contributed by atoms with van der Waals surface area (Å²) in [7, 11) is -4.64. The summed E-state index contributed by atoms with van der Waals surface area (Å²) >= 11 is 14.4. The van der Waals surface area contributed by atoms with Crippen molar-refractivity contribution in [2.45, 2.75) is 0 Å². The molecule has 1 heterocycles. The number of rotatable bonds is 2. The molecule has 7 rings (SSSR count). The van der Waals surface area contributed by atoms with E-state index >= 15 is 0 Å². The molecule has 1 aliphatic rings. The van der Waals surface area contributed by atoms with Crippen molar-refractivity contribution < 1.29 is 18.5 Å². The molecule has 9 heteroatoms. The summed E-state index contributed by atoms with van der Waals surface area (Å²) in [4.78, 5) is 11.2. The first kappa shape index (κ1) is 27.4. The second-order valence-electron chi connectivity index (χ2n) is 9.67. The fourth-order valence-corrected chi connectivity index (χ4v) is 8.91. The highest BCUT2D eigenvalue weighted by Gasteiger charge is 2.37. The van der Waals surface area contributed by atoms with Gasteiger partial charge in [-0.25, -0.2) is 4.57 Å². The lowest BCUT2D eigenvalue weighted by Gasteiger charge is -2.19. The van der Waals surface area contributed by atoms with Crippen LogP contribution < -0.4 is 9.05 Å². The van der Waals surface area contributed by atoms with E-state index in [4.69, 9.17) is 9.05 Å². The van der Waals surface area contributed by atoms with Crippen LogP contribution in [0.1, 0.15) is 0 Å². The SMILES string of the molecule is O=P1(O)Oc2c(-c3cc(Br)cc(Br)c3)cc3ccccc3c2-c2c(c(-c3cc(Br)cc(Br)c3)cc3ccccc23)O1. The number of phosphoric acid groups is 1. The zero-order valence-electron chi connectivity index (χ0n) is 20.9. The van der Waals surface area contributed by atoms with Gasteiger partial charge in [-0.3, -0.25) is 4.89 Å². The van der Waals surface area contributed by atoms with Crippen LogP contribution in [0.2, 0.25) is 0 Å². The standard InChI is InChI=1S/C32H17Br4O4P/c33-21-9-19(10-22(34)15-21)27-13-17-5-1-3-7-25(17)29-30-26-8-4-2-6-18(26)14-28(20-11-23(35)16-24(36)12-20)32(30)40-41(37,38)39-31(27)29/h1-16H,(H,37,38). The Morgan fingerprint density at radius 3 is 1.29 bits per heavy atom. The number of phosphoric ester groups is 1. The van der Waals surface area contributed by atoms with Crippen LogP contribution >= 0.6 is 71.5 Å². The smallest absolute Gasteiger partial charge is 0.394 e. The summed E-state index contributed by atoms with van der Waals surface area (Å²) in [6.07, 6.45) is 0. The molecule has 0 spiro atoms. The lowest BCUT2D eigenvalue weighted by molar-refractivity contribution is 0.295. The molecule has 0 aliphatic carbocycles. The van der Waals surface area contributed by atoms with Crippen LogP contribution in [0.5, 0.6) is 11.5 Å². The topological polar surface area (TPSA) is 55.8 Å². The van der Waals surface area contributed by atoms with Gasteiger partial charge in [-0.1, -0.05) is 112 Å². The first-order valence-electron chi connectivity index (χ1n) is 12.4. The summed E-state index contributed by atoms with van der Waals surface area (Å²) in [5, 5.41) is 3.68. The Bertz CT molecular complexity index is 1920. The van der Waals surface area contributed by atoms with E-state index in [1.165, 1.54) is 0 Å². The Morgan fingerprint density at radius 1 is 0.537 bits per heavy atom. The monoisotopic (exact) mass is 812 g/mol. The first-order valence-corrected chi connectivity index (χ1v) is 17.1. The second kappa shape index (κ2) is 10.4. The maximum Gasteiger partial charge on any atom is 0.584 e. The molecule has 6 aromatic rings. The van der Waals surface area contributed by atoms with E-state index in [0.717, 1.165) is 50.6 Å². The minimum atomic E-state index is -4.64. The quantitative estimate of drug-likeness (QED) is 0.177. The van der Waals surface area contributed by atoms with Gasteiger partial charge in [0.1, 0.15) is 11.5 Å². The molecular weight excluding hydrogens is 799 g/mol. The summed E-state index contributed by atoms with van der Waals surface area (Å²) in [6, 6.07) is 31.7. The summed E-state index contributed by atoms with van der Waals surface area (Å²) in [5.74, 6) is 0.576. The molecule has 4 nitrogen and oxygen atoms in total. The fourth-order valence-electron chi connectivity index (χ4n) is 5.44. The molecule has 6 aromatic carbocycles. The van der Waals surface area contributed by atoms with E-state index < -0.39 is 7.82 Å². The van der Waals surface area contributed by atoms with Crippen LogP contribution in [0.3, 0.4) is 0 Å². The van der Waals surface area contributed by atoms with Gasteiger partial charge in [-0.15, -0.1) is 0 Å². The van der Waals surface area contributed by atoms with Crippen LogP contribution in [0.4, 0.5) is 0 Å². The van der Waals surface area contributed by atoms with E-state index in [2.05, 4.69) is 63.7 Å². The Hall–Kier alpha value is -2.45. The van der Waals surface area contributed by atoms with Crippen LogP contribution in [0, 0.1) is 0 Å². The van der Waals surface area contributed by atoms with Gasteiger partial charge in [-0.05, 0) is 81.2 Å². The molecule has 0 bridgehead atoms. The van der Waals surface area contributed by atoms with Gasteiger partial charge < -0.3 is 9.05 Å². The Balaban J connectivity index is 1.71. The first-order chi connectivity index (χ1) is 19.7.